The highest BCUT2D eigenvalue weighted by Gasteiger charge is 2.19. The second-order valence-electron chi connectivity index (χ2n) is 5.20. The molecule has 3 rings (SSSR count). The first kappa shape index (κ1) is 14.7. The molecule has 1 amide bonds. The second-order valence-corrected chi connectivity index (χ2v) is 5.20. The zero-order valence-corrected chi connectivity index (χ0v) is 12.4. The maximum atomic E-state index is 12.3. The predicted molar refractivity (Wildman–Crippen MR) is 87.9 cm³/mol. The molecule has 0 aliphatic carbocycles. The number of phenolic OH excluding ortho intramolecular Hbond substituents is 1. The van der Waals surface area contributed by atoms with Crippen molar-refractivity contribution >= 4 is 17.3 Å². The van der Waals surface area contributed by atoms with Crippen LogP contribution in [0.15, 0.2) is 60.3 Å². The lowest BCUT2D eigenvalue weighted by Gasteiger charge is -2.14. The number of nitrogens with zero attached hydrogens (tertiary/aromatic N) is 2. The zero-order valence-electron chi connectivity index (χ0n) is 12.4. The van der Waals surface area contributed by atoms with E-state index >= 15 is 0 Å². The summed E-state index contributed by atoms with van der Waals surface area (Å²) in [5.41, 5.74) is 2.48. The van der Waals surface area contributed by atoms with E-state index in [-0.39, 0.29) is 17.0 Å². The molecule has 0 unspecified atom stereocenters. The Hall–Kier alpha value is -3.26. The van der Waals surface area contributed by atoms with Gasteiger partial charge in [0.2, 0.25) is 0 Å². The number of fused-ring (bicyclic) bond motifs is 1. The van der Waals surface area contributed by atoms with Crippen LogP contribution >= 0.6 is 0 Å². The summed E-state index contributed by atoms with van der Waals surface area (Å²) in [5.74, 6) is -0.581. The summed E-state index contributed by atoms with van der Waals surface area (Å²) in [6.07, 6.45) is 2.44. The SMILES string of the molecule is N#C/C(=C/N1CCc2ccccc21)C(=O)Nc1ccccc1O. The van der Waals surface area contributed by atoms with Crippen LogP contribution in [0.3, 0.4) is 0 Å². The Morgan fingerprint density at radius 1 is 1.22 bits per heavy atom. The molecule has 0 spiro atoms. The summed E-state index contributed by atoms with van der Waals surface area (Å²) >= 11 is 0. The molecule has 1 aliphatic rings. The third kappa shape index (κ3) is 3.01. The van der Waals surface area contributed by atoms with Gasteiger partial charge < -0.3 is 15.3 Å². The first-order valence-corrected chi connectivity index (χ1v) is 7.25. The van der Waals surface area contributed by atoms with Crippen LogP contribution in [0.1, 0.15) is 5.56 Å². The molecule has 0 aromatic heterocycles. The highest BCUT2D eigenvalue weighted by molar-refractivity contribution is 6.07. The van der Waals surface area contributed by atoms with Gasteiger partial charge in [-0.05, 0) is 30.2 Å². The van der Waals surface area contributed by atoms with Crippen LogP contribution < -0.4 is 10.2 Å². The van der Waals surface area contributed by atoms with Crippen molar-refractivity contribution in [2.24, 2.45) is 0 Å². The molecule has 0 saturated carbocycles. The van der Waals surface area contributed by atoms with Crippen molar-refractivity contribution in [2.75, 3.05) is 16.8 Å². The Morgan fingerprint density at radius 3 is 2.74 bits per heavy atom. The van der Waals surface area contributed by atoms with Crippen LogP contribution in [0, 0.1) is 11.3 Å². The van der Waals surface area contributed by atoms with Crippen LogP contribution in [0.4, 0.5) is 11.4 Å². The monoisotopic (exact) mass is 305 g/mol. The standard InChI is InChI=1S/C18H15N3O2/c19-11-14(18(23)20-15-6-2-4-8-17(15)22)12-21-10-9-13-5-1-3-7-16(13)21/h1-8,12,22H,9-10H2,(H,20,23)/b14-12-. The van der Waals surface area contributed by atoms with Gasteiger partial charge in [-0.15, -0.1) is 0 Å². The topological polar surface area (TPSA) is 76.4 Å². The summed E-state index contributed by atoms with van der Waals surface area (Å²) in [7, 11) is 0. The Morgan fingerprint density at radius 2 is 1.96 bits per heavy atom. The molecule has 114 valence electrons. The minimum Gasteiger partial charge on any atom is -0.506 e. The minimum absolute atomic E-state index is 0.00930. The number of carbonyl (C=O) groups excluding carboxylic acids is 1. The maximum absolute atomic E-state index is 12.3. The Bertz CT molecular complexity index is 821. The van der Waals surface area contributed by atoms with E-state index in [9.17, 15) is 15.2 Å². The van der Waals surface area contributed by atoms with Crippen molar-refractivity contribution < 1.29 is 9.90 Å². The highest BCUT2D eigenvalue weighted by Crippen LogP contribution is 2.28. The molecule has 1 aliphatic heterocycles. The molecule has 2 N–H and O–H groups in total. The molecule has 23 heavy (non-hydrogen) atoms. The molecular weight excluding hydrogens is 290 g/mol. The van der Waals surface area contributed by atoms with E-state index in [1.54, 1.807) is 24.4 Å². The lowest BCUT2D eigenvalue weighted by Crippen LogP contribution is -2.19. The van der Waals surface area contributed by atoms with Crippen molar-refractivity contribution in [3.05, 3.63) is 65.9 Å². The second kappa shape index (κ2) is 6.24. The smallest absolute Gasteiger partial charge is 0.267 e. The quantitative estimate of drug-likeness (QED) is 0.519. The van der Waals surface area contributed by atoms with Gasteiger partial charge in [0.15, 0.2) is 0 Å². The van der Waals surface area contributed by atoms with Crippen LogP contribution in [0.25, 0.3) is 0 Å². The number of anilines is 2. The Kier molecular flexibility index (Phi) is 3.98. The van der Waals surface area contributed by atoms with Crippen LogP contribution in [0.2, 0.25) is 0 Å². The molecule has 0 bridgehead atoms. The molecule has 5 nitrogen and oxygen atoms in total. The number of benzene rings is 2. The third-order valence-electron chi connectivity index (χ3n) is 3.73. The molecule has 2 aromatic carbocycles. The molecule has 5 heteroatoms. The average molecular weight is 305 g/mol. The van der Waals surface area contributed by atoms with E-state index in [1.165, 1.54) is 11.6 Å². The van der Waals surface area contributed by atoms with Crippen molar-refractivity contribution in [3.63, 3.8) is 0 Å². The minimum atomic E-state index is -0.543. The molecule has 2 aromatic rings. The normalized spacial score (nSPS) is 13.3. The predicted octanol–water partition coefficient (Wildman–Crippen LogP) is 2.80. The summed E-state index contributed by atoms with van der Waals surface area (Å²) in [6, 6.07) is 16.2. The van der Waals surface area contributed by atoms with E-state index in [0.717, 1.165) is 18.7 Å². The molecule has 0 fully saturated rings. The summed E-state index contributed by atoms with van der Waals surface area (Å²) in [5, 5.41) is 21.5. The fourth-order valence-electron chi connectivity index (χ4n) is 2.56. The summed E-state index contributed by atoms with van der Waals surface area (Å²) < 4.78 is 0. The van der Waals surface area contributed by atoms with Gasteiger partial charge in [0.05, 0.1) is 5.69 Å². The van der Waals surface area contributed by atoms with E-state index in [2.05, 4.69) is 5.32 Å². The number of nitriles is 1. The zero-order chi connectivity index (χ0) is 16.2. The number of phenols is 1. The van der Waals surface area contributed by atoms with Gasteiger partial charge in [-0.1, -0.05) is 30.3 Å². The summed E-state index contributed by atoms with van der Waals surface area (Å²) in [4.78, 5) is 14.2. The molecule has 1 heterocycles. The van der Waals surface area contributed by atoms with E-state index in [4.69, 9.17) is 0 Å². The molecule has 0 radical (unpaired) electrons. The van der Waals surface area contributed by atoms with Crippen molar-refractivity contribution in [1.82, 2.24) is 0 Å². The average Bonchev–Trinajstić information content (AvgIpc) is 2.97. The van der Waals surface area contributed by atoms with E-state index in [0.29, 0.717) is 0 Å². The van der Waals surface area contributed by atoms with Gasteiger partial charge in [0.25, 0.3) is 5.91 Å². The highest BCUT2D eigenvalue weighted by atomic mass is 16.3. The summed E-state index contributed by atoms with van der Waals surface area (Å²) in [6.45, 7) is 0.731. The largest absolute Gasteiger partial charge is 0.506 e. The van der Waals surface area contributed by atoms with Crippen LogP contribution in [0.5, 0.6) is 5.75 Å². The fraction of sp³-hybridized carbons (Fsp3) is 0.111. The van der Waals surface area contributed by atoms with Crippen LogP contribution in [-0.2, 0) is 11.2 Å². The fourth-order valence-corrected chi connectivity index (χ4v) is 2.56. The first-order chi connectivity index (χ1) is 11.2. The molecular formula is C18H15N3O2. The number of para-hydroxylation sites is 3. The van der Waals surface area contributed by atoms with Crippen LogP contribution in [-0.4, -0.2) is 17.6 Å². The van der Waals surface area contributed by atoms with E-state index in [1.807, 2.05) is 35.2 Å². The lowest BCUT2D eigenvalue weighted by molar-refractivity contribution is -0.112. The number of rotatable bonds is 3. The lowest BCUT2D eigenvalue weighted by atomic mass is 10.2. The van der Waals surface area contributed by atoms with Gasteiger partial charge in [0.1, 0.15) is 17.4 Å². The van der Waals surface area contributed by atoms with Gasteiger partial charge in [-0.2, -0.15) is 5.26 Å². The number of amides is 1. The van der Waals surface area contributed by atoms with Crippen molar-refractivity contribution in [3.8, 4) is 11.8 Å². The number of carbonyl (C=O) groups is 1. The molecule has 0 saturated heterocycles. The van der Waals surface area contributed by atoms with Gasteiger partial charge in [-0.25, -0.2) is 0 Å². The van der Waals surface area contributed by atoms with Gasteiger partial charge in [0, 0.05) is 18.4 Å². The number of hydrogen-bond acceptors (Lipinski definition) is 4. The van der Waals surface area contributed by atoms with Gasteiger partial charge >= 0.3 is 0 Å². The maximum Gasteiger partial charge on any atom is 0.267 e. The molecule has 0 atom stereocenters. The third-order valence-corrected chi connectivity index (χ3v) is 3.73. The van der Waals surface area contributed by atoms with Crippen molar-refractivity contribution in [1.29, 1.82) is 5.26 Å². The Labute approximate surface area is 134 Å². The first-order valence-electron chi connectivity index (χ1n) is 7.25. The van der Waals surface area contributed by atoms with Crippen molar-refractivity contribution in [2.45, 2.75) is 6.42 Å². The van der Waals surface area contributed by atoms with Gasteiger partial charge in [-0.3, -0.25) is 4.79 Å². The number of nitrogens with one attached hydrogen (secondary N) is 1. The Balaban J connectivity index is 1.82. The number of aromatic hydroxyl groups is 1. The van der Waals surface area contributed by atoms with E-state index < -0.39 is 5.91 Å². The number of hydrogen-bond donors (Lipinski definition) is 2.